The Morgan fingerprint density at radius 3 is 2.75 bits per heavy atom. The van der Waals surface area contributed by atoms with Gasteiger partial charge >= 0.3 is 6.09 Å². The Kier molecular flexibility index (Phi) is 6.43. The number of pyridine rings is 1. The van der Waals surface area contributed by atoms with E-state index in [2.05, 4.69) is 15.2 Å². The molecule has 1 saturated heterocycles. The summed E-state index contributed by atoms with van der Waals surface area (Å²) in [7, 11) is 1.67. The molecule has 2 atom stereocenters. The Bertz CT molecular complexity index is 545. The van der Waals surface area contributed by atoms with Crippen molar-refractivity contribution in [3.05, 3.63) is 29.0 Å². The van der Waals surface area contributed by atoms with Crippen LogP contribution in [-0.4, -0.2) is 60.5 Å². The molecule has 1 amide bonds. The number of halogens is 1. The van der Waals surface area contributed by atoms with Crippen molar-refractivity contribution < 1.29 is 14.3 Å². The number of nitrogens with zero attached hydrogens (tertiary/aromatic N) is 2. The van der Waals surface area contributed by atoms with Gasteiger partial charge in [0.15, 0.2) is 0 Å². The molecule has 0 saturated carbocycles. The Labute approximate surface area is 148 Å². The highest BCUT2D eigenvalue weighted by atomic mass is 35.5. The van der Waals surface area contributed by atoms with Crippen molar-refractivity contribution >= 4 is 17.7 Å². The Balaban J connectivity index is 1.84. The van der Waals surface area contributed by atoms with Gasteiger partial charge in [0.2, 0.25) is 0 Å². The first kappa shape index (κ1) is 19.0. The van der Waals surface area contributed by atoms with Gasteiger partial charge in [0.05, 0.1) is 12.1 Å². The average molecular weight is 356 g/mol. The minimum absolute atomic E-state index is 0.0409. The zero-order valence-electron chi connectivity index (χ0n) is 14.7. The third-order valence-electron chi connectivity index (χ3n) is 3.85. The van der Waals surface area contributed by atoms with Gasteiger partial charge in [-0.25, -0.2) is 9.78 Å². The van der Waals surface area contributed by atoms with Gasteiger partial charge in [-0.2, -0.15) is 0 Å². The smallest absolute Gasteiger partial charge is 0.408 e. The maximum atomic E-state index is 12.0. The summed E-state index contributed by atoms with van der Waals surface area (Å²) >= 11 is 5.80. The molecule has 2 rings (SSSR count). The van der Waals surface area contributed by atoms with Crippen LogP contribution in [0.3, 0.4) is 0 Å². The first-order chi connectivity index (χ1) is 11.3. The molecule has 0 radical (unpaired) electrons. The predicted molar refractivity (Wildman–Crippen MR) is 93.3 cm³/mol. The standard InChI is InChI=1S/C17H26ClN3O3/c1-17(2,3)24-16(22)20-13-10-21(11-14(13)23-4)8-7-12-5-6-15(18)19-9-12/h5-6,9,13-14H,7-8,10-11H2,1-4H3,(H,20,22)/t13-,14-/m0/s1. The Hall–Kier alpha value is -1.37. The zero-order valence-corrected chi connectivity index (χ0v) is 15.5. The van der Waals surface area contributed by atoms with Crippen LogP contribution in [0.2, 0.25) is 5.15 Å². The van der Waals surface area contributed by atoms with Crippen molar-refractivity contribution in [3.8, 4) is 0 Å². The van der Waals surface area contributed by atoms with Gasteiger partial charge in [-0.05, 0) is 38.8 Å². The SMILES string of the molecule is CO[C@H]1CN(CCc2ccc(Cl)nc2)C[C@@H]1NC(=O)OC(C)(C)C. The molecule has 0 aliphatic carbocycles. The van der Waals surface area contributed by atoms with Crippen LogP contribution in [-0.2, 0) is 15.9 Å². The van der Waals surface area contributed by atoms with E-state index in [4.69, 9.17) is 21.1 Å². The summed E-state index contributed by atoms with van der Waals surface area (Å²) in [5.41, 5.74) is 0.629. The highest BCUT2D eigenvalue weighted by molar-refractivity contribution is 6.29. The van der Waals surface area contributed by atoms with Gasteiger partial charge in [0, 0.05) is 32.9 Å². The minimum Gasteiger partial charge on any atom is -0.444 e. The minimum atomic E-state index is -0.507. The number of likely N-dealkylation sites (tertiary alicyclic amines) is 1. The summed E-state index contributed by atoms with van der Waals surface area (Å²) in [5.74, 6) is 0. The van der Waals surface area contributed by atoms with Crippen molar-refractivity contribution in [2.45, 2.75) is 44.9 Å². The van der Waals surface area contributed by atoms with Crippen LogP contribution in [0.5, 0.6) is 0 Å². The van der Waals surface area contributed by atoms with E-state index in [0.29, 0.717) is 5.15 Å². The number of alkyl carbamates (subject to hydrolysis) is 1. The summed E-state index contributed by atoms with van der Waals surface area (Å²) < 4.78 is 10.8. The first-order valence-corrected chi connectivity index (χ1v) is 8.50. The van der Waals surface area contributed by atoms with Gasteiger partial charge in [-0.15, -0.1) is 0 Å². The molecule has 0 spiro atoms. The summed E-state index contributed by atoms with van der Waals surface area (Å²) in [5, 5.41) is 3.42. The van der Waals surface area contributed by atoms with E-state index in [1.807, 2.05) is 26.8 Å². The molecule has 6 nitrogen and oxygen atoms in total. The second-order valence-electron chi connectivity index (χ2n) is 7.03. The lowest BCUT2D eigenvalue weighted by atomic mass is 10.2. The summed E-state index contributed by atoms with van der Waals surface area (Å²) in [4.78, 5) is 18.3. The number of carbonyl (C=O) groups is 1. The number of nitrogens with one attached hydrogen (secondary N) is 1. The second-order valence-corrected chi connectivity index (χ2v) is 7.41. The molecule has 7 heteroatoms. The predicted octanol–water partition coefficient (Wildman–Crippen LogP) is 2.50. The molecule has 0 aromatic carbocycles. The highest BCUT2D eigenvalue weighted by Gasteiger charge is 2.34. The summed E-state index contributed by atoms with van der Waals surface area (Å²) in [6, 6.07) is 3.70. The lowest BCUT2D eigenvalue weighted by Gasteiger charge is -2.23. The van der Waals surface area contributed by atoms with Crippen molar-refractivity contribution in [2.75, 3.05) is 26.7 Å². The molecule has 0 unspecified atom stereocenters. The molecule has 1 aromatic rings. The lowest BCUT2D eigenvalue weighted by Crippen LogP contribution is -2.45. The second kappa shape index (κ2) is 8.14. The van der Waals surface area contributed by atoms with Crippen molar-refractivity contribution in [3.63, 3.8) is 0 Å². The number of amides is 1. The maximum absolute atomic E-state index is 12.0. The van der Waals surface area contributed by atoms with E-state index < -0.39 is 11.7 Å². The molecule has 1 aliphatic heterocycles. The quantitative estimate of drug-likeness (QED) is 0.822. The van der Waals surface area contributed by atoms with E-state index in [9.17, 15) is 4.79 Å². The molecule has 134 valence electrons. The zero-order chi connectivity index (χ0) is 17.7. The van der Waals surface area contributed by atoms with Crippen LogP contribution in [0, 0.1) is 0 Å². The van der Waals surface area contributed by atoms with Crippen LogP contribution in [0.1, 0.15) is 26.3 Å². The monoisotopic (exact) mass is 355 g/mol. The maximum Gasteiger partial charge on any atom is 0.408 e. The van der Waals surface area contributed by atoms with E-state index in [1.165, 1.54) is 0 Å². The first-order valence-electron chi connectivity index (χ1n) is 8.12. The highest BCUT2D eigenvalue weighted by Crippen LogP contribution is 2.16. The average Bonchev–Trinajstić information content (AvgIpc) is 2.86. The van der Waals surface area contributed by atoms with Gasteiger partial charge in [-0.3, -0.25) is 4.90 Å². The van der Waals surface area contributed by atoms with E-state index >= 15 is 0 Å². The topological polar surface area (TPSA) is 63.7 Å². The number of carbonyl (C=O) groups excluding carboxylic acids is 1. The molecule has 2 heterocycles. The van der Waals surface area contributed by atoms with Crippen LogP contribution in [0.25, 0.3) is 0 Å². The lowest BCUT2D eigenvalue weighted by molar-refractivity contribution is 0.0415. The van der Waals surface area contributed by atoms with Gasteiger partial charge in [0.1, 0.15) is 10.8 Å². The number of hydrogen-bond donors (Lipinski definition) is 1. The van der Waals surface area contributed by atoms with Gasteiger partial charge in [0.25, 0.3) is 0 Å². The summed E-state index contributed by atoms with van der Waals surface area (Å²) in [6.45, 7) is 7.93. The number of rotatable bonds is 5. The number of aromatic nitrogens is 1. The number of methoxy groups -OCH3 is 1. The molecule has 1 fully saturated rings. The van der Waals surface area contributed by atoms with E-state index in [0.717, 1.165) is 31.6 Å². The fourth-order valence-corrected chi connectivity index (χ4v) is 2.82. The van der Waals surface area contributed by atoms with Crippen molar-refractivity contribution in [2.24, 2.45) is 0 Å². The van der Waals surface area contributed by atoms with Crippen LogP contribution >= 0.6 is 11.6 Å². The molecule has 24 heavy (non-hydrogen) atoms. The number of hydrogen-bond acceptors (Lipinski definition) is 5. The van der Waals surface area contributed by atoms with Gasteiger partial charge in [-0.1, -0.05) is 17.7 Å². The summed E-state index contributed by atoms with van der Waals surface area (Å²) in [6.07, 6.45) is 2.22. The fourth-order valence-electron chi connectivity index (χ4n) is 2.71. The molecule has 0 bridgehead atoms. The molecular weight excluding hydrogens is 330 g/mol. The largest absolute Gasteiger partial charge is 0.444 e. The normalized spacial score (nSPS) is 21.7. The molecular formula is C17H26ClN3O3. The Morgan fingerprint density at radius 1 is 1.42 bits per heavy atom. The fraction of sp³-hybridized carbons (Fsp3) is 0.647. The van der Waals surface area contributed by atoms with Crippen LogP contribution in [0.15, 0.2) is 18.3 Å². The van der Waals surface area contributed by atoms with Crippen molar-refractivity contribution in [1.82, 2.24) is 15.2 Å². The third kappa shape index (κ3) is 5.92. The van der Waals surface area contributed by atoms with Crippen LogP contribution in [0.4, 0.5) is 4.79 Å². The third-order valence-corrected chi connectivity index (χ3v) is 4.08. The van der Waals surface area contributed by atoms with E-state index in [1.54, 1.807) is 19.4 Å². The van der Waals surface area contributed by atoms with E-state index in [-0.39, 0.29) is 12.1 Å². The number of ether oxygens (including phenoxy) is 2. The molecule has 1 N–H and O–H groups in total. The molecule has 1 aromatic heterocycles. The Morgan fingerprint density at radius 2 is 2.17 bits per heavy atom. The van der Waals surface area contributed by atoms with Crippen LogP contribution < -0.4 is 5.32 Å². The van der Waals surface area contributed by atoms with Gasteiger partial charge < -0.3 is 14.8 Å². The van der Waals surface area contributed by atoms with Crippen molar-refractivity contribution in [1.29, 1.82) is 0 Å². The molecule has 1 aliphatic rings.